The quantitative estimate of drug-likeness (QED) is 0.741. The van der Waals surface area contributed by atoms with E-state index < -0.39 is 0 Å². The number of hydrogen-bond acceptors (Lipinski definition) is 4. The molecule has 0 aromatic carbocycles. The Labute approximate surface area is 80.8 Å². The van der Waals surface area contributed by atoms with Gasteiger partial charge in [-0.3, -0.25) is 4.79 Å². The predicted octanol–water partition coefficient (Wildman–Crippen LogP) is 1.86. The summed E-state index contributed by atoms with van der Waals surface area (Å²) in [7, 11) is 0. The second kappa shape index (κ2) is 5.77. The highest BCUT2D eigenvalue weighted by atomic mass is 16.4. The smallest absolute Gasteiger partial charge is 0.185 e. The first-order chi connectivity index (χ1) is 6.86. The summed E-state index contributed by atoms with van der Waals surface area (Å²) < 4.78 is 9.35. The van der Waals surface area contributed by atoms with Crippen molar-refractivity contribution in [2.45, 2.75) is 6.61 Å². The third kappa shape index (κ3) is 3.28. The van der Waals surface area contributed by atoms with Crippen LogP contribution in [0.5, 0.6) is 0 Å². The van der Waals surface area contributed by atoms with Crippen molar-refractivity contribution in [1.29, 1.82) is 0 Å². The minimum Gasteiger partial charge on any atom is -0.473 e. The lowest BCUT2D eigenvalue weighted by atomic mass is 10.4. The van der Waals surface area contributed by atoms with Gasteiger partial charge in [0.2, 0.25) is 0 Å². The summed E-state index contributed by atoms with van der Waals surface area (Å²) in [4.78, 5) is 9.96. The lowest BCUT2D eigenvalue weighted by Crippen LogP contribution is -1.74. The van der Waals surface area contributed by atoms with Crippen LogP contribution in [-0.4, -0.2) is 11.4 Å². The molecule has 2 rings (SSSR count). The van der Waals surface area contributed by atoms with E-state index >= 15 is 0 Å². The summed E-state index contributed by atoms with van der Waals surface area (Å²) in [6.45, 7) is -0.159. The maximum Gasteiger partial charge on any atom is 0.185 e. The number of aldehydes is 1. The summed E-state index contributed by atoms with van der Waals surface area (Å²) in [5.74, 6) is 0.663. The number of aliphatic hydroxyl groups is 1. The monoisotopic (exact) mass is 194 g/mol. The largest absolute Gasteiger partial charge is 0.473 e. The highest BCUT2D eigenvalue weighted by molar-refractivity contribution is 5.70. The fourth-order valence-corrected chi connectivity index (χ4v) is 0.770. The average Bonchev–Trinajstić information content (AvgIpc) is 2.92. The molecule has 0 aliphatic carbocycles. The van der Waals surface area contributed by atoms with Crippen LogP contribution in [0.3, 0.4) is 0 Å². The lowest BCUT2D eigenvalue weighted by molar-refractivity contribution is 0.109. The normalized spacial score (nSPS) is 8.93. The maximum absolute atomic E-state index is 9.96. The van der Waals surface area contributed by atoms with Gasteiger partial charge in [-0.15, -0.1) is 0 Å². The molecule has 1 N–H and O–H groups in total. The van der Waals surface area contributed by atoms with Crippen LogP contribution in [0.25, 0.3) is 0 Å². The third-order valence-corrected chi connectivity index (χ3v) is 1.38. The Hall–Kier alpha value is -1.81. The second-order valence-electron chi connectivity index (χ2n) is 2.37. The molecule has 2 aromatic heterocycles. The van der Waals surface area contributed by atoms with Gasteiger partial charge in [-0.25, -0.2) is 0 Å². The van der Waals surface area contributed by atoms with Gasteiger partial charge in [-0.2, -0.15) is 0 Å². The van der Waals surface area contributed by atoms with Crippen molar-refractivity contribution in [3.63, 3.8) is 0 Å². The molecule has 0 saturated heterocycles. The molecule has 0 amide bonds. The average molecular weight is 194 g/mol. The van der Waals surface area contributed by atoms with Crippen LogP contribution in [-0.2, 0) is 6.61 Å². The first-order valence-electron chi connectivity index (χ1n) is 3.98. The Balaban J connectivity index is 0.000000165. The van der Waals surface area contributed by atoms with Gasteiger partial charge in [-0.1, -0.05) is 0 Å². The minimum absolute atomic E-state index is 0.159. The topological polar surface area (TPSA) is 63.6 Å². The van der Waals surface area contributed by atoms with Gasteiger partial charge in [0, 0.05) is 0 Å². The molecule has 0 aliphatic heterocycles. The molecule has 4 heteroatoms. The van der Waals surface area contributed by atoms with Crippen LogP contribution in [0.1, 0.15) is 16.3 Å². The van der Waals surface area contributed by atoms with Crippen molar-refractivity contribution in [1.82, 2.24) is 0 Å². The molecule has 0 unspecified atom stereocenters. The van der Waals surface area contributed by atoms with Crippen LogP contribution in [0.15, 0.2) is 45.6 Å². The van der Waals surface area contributed by atoms with Crippen molar-refractivity contribution in [2.24, 2.45) is 0 Å². The van der Waals surface area contributed by atoms with E-state index in [9.17, 15) is 4.79 Å². The number of rotatable bonds is 2. The van der Waals surface area contributed by atoms with E-state index in [1.54, 1.807) is 18.6 Å². The molecular weight excluding hydrogens is 184 g/mol. The third-order valence-electron chi connectivity index (χ3n) is 1.38. The molecule has 0 fully saturated rings. The second-order valence-corrected chi connectivity index (χ2v) is 2.37. The summed E-state index contributed by atoms with van der Waals surface area (Å²) in [5.41, 5.74) is 0. The van der Waals surface area contributed by atoms with E-state index in [1.807, 2.05) is 12.1 Å². The Kier molecular flexibility index (Phi) is 4.23. The van der Waals surface area contributed by atoms with Gasteiger partial charge < -0.3 is 13.9 Å². The zero-order valence-corrected chi connectivity index (χ0v) is 7.42. The summed E-state index contributed by atoms with van der Waals surface area (Å²) in [5, 5.41) is 8.44. The van der Waals surface area contributed by atoms with E-state index in [0.717, 1.165) is 0 Å². The summed E-state index contributed by atoms with van der Waals surface area (Å²) >= 11 is 0. The highest BCUT2D eigenvalue weighted by Gasteiger charge is 1.96. The van der Waals surface area contributed by atoms with Crippen molar-refractivity contribution in [2.75, 3.05) is 0 Å². The number of carbonyl (C=O) groups is 1. The Morgan fingerprint density at radius 2 is 2.00 bits per heavy atom. The van der Waals surface area contributed by atoms with E-state index in [1.165, 1.54) is 6.07 Å². The van der Waals surface area contributed by atoms with Gasteiger partial charge in [0.25, 0.3) is 0 Å². The number of aliphatic hydroxyl groups excluding tert-OH is 1. The van der Waals surface area contributed by atoms with Crippen molar-refractivity contribution >= 4 is 6.29 Å². The SMILES string of the molecule is O=Cc1ccc(CO)o1.c1ccoc1. The number of furan rings is 2. The molecule has 2 heterocycles. The molecule has 0 aliphatic rings. The van der Waals surface area contributed by atoms with Crippen molar-refractivity contribution in [3.8, 4) is 0 Å². The molecule has 0 saturated carbocycles. The zero-order chi connectivity index (χ0) is 10.2. The van der Waals surface area contributed by atoms with Gasteiger partial charge >= 0.3 is 0 Å². The Morgan fingerprint density at radius 3 is 2.29 bits per heavy atom. The Bertz CT molecular complexity index is 331. The first-order valence-corrected chi connectivity index (χ1v) is 3.98. The molecule has 14 heavy (non-hydrogen) atoms. The van der Waals surface area contributed by atoms with Crippen molar-refractivity contribution < 1.29 is 18.7 Å². The molecule has 0 radical (unpaired) electrons. The fourth-order valence-electron chi connectivity index (χ4n) is 0.770. The van der Waals surface area contributed by atoms with Crippen LogP contribution >= 0.6 is 0 Å². The molecular formula is C10H10O4. The van der Waals surface area contributed by atoms with Gasteiger partial charge in [-0.05, 0) is 24.3 Å². The van der Waals surface area contributed by atoms with Gasteiger partial charge in [0.05, 0.1) is 12.5 Å². The zero-order valence-electron chi connectivity index (χ0n) is 7.42. The molecule has 4 nitrogen and oxygen atoms in total. The minimum atomic E-state index is -0.159. The Morgan fingerprint density at radius 1 is 1.29 bits per heavy atom. The van der Waals surface area contributed by atoms with Crippen LogP contribution in [0, 0.1) is 0 Å². The molecule has 74 valence electrons. The molecule has 2 aromatic rings. The van der Waals surface area contributed by atoms with Crippen molar-refractivity contribution in [3.05, 3.63) is 48.3 Å². The van der Waals surface area contributed by atoms with Crippen LogP contribution < -0.4 is 0 Å². The molecule has 0 bridgehead atoms. The van der Waals surface area contributed by atoms with E-state index in [-0.39, 0.29) is 12.4 Å². The highest BCUT2D eigenvalue weighted by Crippen LogP contribution is 2.03. The number of hydrogen-bond donors (Lipinski definition) is 1. The fraction of sp³-hybridized carbons (Fsp3) is 0.100. The lowest BCUT2D eigenvalue weighted by Gasteiger charge is -1.82. The number of carbonyl (C=O) groups excluding carboxylic acids is 1. The predicted molar refractivity (Wildman–Crippen MR) is 48.7 cm³/mol. The van der Waals surface area contributed by atoms with Gasteiger partial charge in [0.15, 0.2) is 12.0 Å². The maximum atomic E-state index is 9.96. The standard InChI is InChI=1S/C6H6O3.C4H4O/c7-3-5-1-2-6(4-8)9-5;1-2-4-5-3-1/h1-3,8H,4H2;1-4H. The molecule has 0 atom stereocenters. The summed E-state index contributed by atoms with van der Waals surface area (Å²) in [6, 6.07) is 6.74. The molecule has 0 spiro atoms. The first kappa shape index (κ1) is 10.3. The van der Waals surface area contributed by atoms with E-state index in [0.29, 0.717) is 12.0 Å². The summed E-state index contributed by atoms with van der Waals surface area (Å²) in [6.07, 6.45) is 3.85. The van der Waals surface area contributed by atoms with Gasteiger partial charge in [0.1, 0.15) is 12.4 Å². The van der Waals surface area contributed by atoms with E-state index in [2.05, 4.69) is 4.42 Å². The van der Waals surface area contributed by atoms with Crippen LogP contribution in [0.4, 0.5) is 0 Å². The van der Waals surface area contributed by atoms with E-state index in [4.69, 9.17) is 9.52 Å². The van der Waals surface area contributed by atoms with Crippen LogP contribution in [0.2, 0.25) is 0 Å².